The summed E-state index contributed by atoms with van der Waals surface area (Å²) in [4.78, 5) is 21.3. The maximum absolute atomic E-state index is 13.1. The lowest BCUT2D eigenvalue weighted by atomic mass is 9.96. The number of carbonyl (C=O) groups excluding carboxylic acids is 1. The highest BCUT2D eigenvalue weighted by atomic mass is 32.2. The van der Waals surface area contributed by atoms with E-state index >= 15 is 0 Å². The van der Waals surface area contributed by atoms with Gasteiger partial charge < -0.3 is 14.5 Å². The minimum atomic E-state index is -3.62. The topological polar surface area (TPSA) is 83.0 Å². The molecule has 1 aliphatic rings. The van der Waals surface area contributed by atoms with E-state index in [-0.39, 0.29) is 5.91 Å². The van der Waals surface area contributed by atoms with Crippen molar-refractivity contribution in [1.82, 2.24) is 14.2 Å². The molecule has 1 saturated heterocycles. The number of hydrogen-bond acceptors (Lipinski definition) is 7. The van der Waals surface area contributed by atoms with Gasteiger partial charge in [0.25, 0.3) is 0 Å². The van der Waals surface area contributed by atoms with Crippen molar-refractivity contribution < 1.29 is 17.9 Å². The van der Waals surface area contributed by atoms with E-state index in [1.165, 1.54) is 21.8 Å². The molecular weight excluding hydrogens is 496 g/mol. The van der Waals surface area contributed by atoms with Crippen molar-refractivity contribution in [3.63, 3.8) is 0 Å². The van der Waals surface area contributed by atoms with E-state index in [4.69, 9.17) is 4.74 Å². The molecule has 36 heavy (non-hydrogen) atoms. The number of amides is 1. The maximum atomic E-state index is 13.1. The molecule has 10 heteroatoms. The first-order valence-electron chi connectivity index (χ1n) is 12.2. The van der Waals surface area contributed by atoms with Crippen LogP contribution >= 0.6 is 11.8 Å². The van der Waals surface area contributed by atoms with Gasteiger partial charge in [-0.1, -0.05) is 0 Å². The van der Waals surface area contributed by atoms with Crippen LogP contribution in [0.3, 0.4) is 0 Å². The Morgan fingerprint density at radius 3 is 2.33 bits per heavy atom. The molecule has 3 rings (SSSR count). The SMILES string of the molecule is COc1cc(C)c(S(=O)(=O)N(C)CCSCC(=O)N(C)CC2CCN(c3ccncc3)CC2)c(C)c1. The standard InChI is InChI=1S/C26H38N4O4S2/c1-20-16-24(34-5)17-21(2)26(20)36(32,33)29(4)14-15-35-19-25(31)28(3)18-22-8-12-30(13-9-22)23-6-10-27-11-7-23/h6-7,10-11,16-17,22H,8-9,12-15,18-19H2,1-5H3. The van der Waals surface area contributed by atoms with E-state index in [0.717, 1.165) is 32.5 Å². The smallest absolute Gasteiger partial charge is 0.243 e. The van der Waals surface area contributed by atoms with Gasteiger partial charge in [-0.15, -0.1) is 0 Å². The number of sulfonamides is 1. The minimum absolute atomic E-state index is 0.0870. The number of ether oxygens (including phenoxy) is 1. The van der Waals surface area contributed by atoms with Crippen LogP contribution in [0.1, 0.15) is 24.0 Å². The zero-order valence-corrected chi connectivity index (χ0v) is 23.6. The molecule has 0 unspecified atom stereocenters. The summed E-state index contributed by atoms with van der Waals surface area (Å²) >= 11 is 1.47. The Balaban J connectivity index is 1.41. The van der Waals surface area contributed by atoms with E-state index in [1.54, 1.807) is 40.1 Å². The summed E-state index contributed by atoms with van der Waals surface area (Å²) in [7, 11) is 1.40. The van der Waals surface area contributed by atoms with E-state index in [2.05, 4.69) is 9.88 Å². The number of hydrogen-bond donors (Lipinski definition) is 0. The van der Waals surface area contributed by atoms with Gasteiger partial charge in [0.15, 0.2) is 0 Å². The zero-order chi connectivity index (χ0) is 26.3. The van der Waals surface area contributed by atoms with Gasteiger partial charge in [0.05, 0.1) is 17.8 Å². The first-order chi connectivity index (χ1) is 17.1. The maximum Gasteiger partial charge on any atom is 0.243 e. The first-order valence-corrected chi connectivity index (χ1v) is 14.8. The second kappa shape index (κ2) is 12.8. The fourth-order valence-corrected chi connectivity index (χ4v) is 7.22. The van der Waals surface area contributed by atoms with Crippen LogP contribution < -0.4 is 9.64 Å². The second-order valence-corrected chi connectivity index (χ2v) is 12.5. The molecule has 1 amide bonds. The van der Waals surface area contributed by atoms with Crippen LogP contribution in [0.4, 0.5) is 5.69 Å². The predicted molar refractivity (Wildman–Crippen MR) is 146 cm³/mol. The summed E-state index contributed by atoms with van der Waals surface area (Å²) < 4.78 is 32.9. The minimum Gasteiger partial charge on any atom is -0.497 e. The number of benzene rings is 1. The van der Waals surface area contributed by atoms with E-state index < -0.39 is 10.0 Å². The van der Waals surface area contributed by atoms with Gasteiger partial charge in [0.2, 0.25) is 15.9 Å². The van der Waals surface area contributed by atoms with E-state index in [0.29, 0.717) is 45.7 Å². The number of thioether (sulfide) groups is 1. The van der Waals surface area contributed by atoms with Gasteiger partial charge in [-0.25, -0.2) is 12.7 Å². The Labute approximate surface area is 220 Å². The number of pyridine rings is 1. The molecule has 0 aliphatic carbocycles. The quantitative estimate of drug-likeness (QED) is 0.409. The average Bonchev–Trinajstić information content (AvgIpc) is 2.86. The monoisotopic (exact) mass is 534 g/mol. The van der Waals surface area contributed by atoms with Gasteiger partial charge in [-0.2, -0.15) is 11.8 Å². The first kappa shape index (κ1) is 28.3. The number of rotatable bonds is 11. The van der Waals surface area contributed by atoms with Crippen molar-refractivity contribution in [2.75, 3.05) is 63.8 Å². The van der Waals surface area contributed by atoms with Gasteiger partial charge in [-0.05, 0) is 68.0 Å². The van der Waals surface area contributed by atoms with Gasteiger partial charge in [0, 0.05) is 64.1 Å². The summed E-state index contributed by atoms with van der Waals surface area (Å²) in [6.45, 7) is 6.63. The molecule has 1 aliphatic heterocycles. The van der Waals surface area contributed by atoms with E-state index in [1.807, 2.05) is 36.5 Å². The Bertz CT molecular complexity index is 1100. The van der Waals surface area contributed by atoms with Crippen molar-refractivity contribution in [1.29, 1.82) is 0 Å². The van der Waals surface area contributed by atoms with E-state index in [9.17, 15) is 13.2 Å². The molecule has 8 nitrogen and oxygen atoms in total. The fourth-order valence-electron chi connectivity index (χ4n) is 4.59. The number of aryl methyl sites for hydroxylation is 2. The van der Waals surface area contributed by atoms with Crippen LogP contribution in [-0.4, -0.2) is 87.4 Å². The molecule has 198 valence electrons. The summed E-state index contributed by atoms with van der Waals surface area (Å²) in [5.41, 5.74) is 2.53. The number of anilines is 1. The van der Waals surface area contributed by atoms with Crippen molar-refractivity contribution in [2.24, 2.45) is 5.92 Å². The highest BCUT2D eigenvalue weighted by Gasteiger charge is 2.26. The molecule has 0 radical (unpaired) electrons. The van der Waals surface area contributed by atoms with Gasteiger partial charge >= 0.3 is 0 Å². The molecule has 0 bridgehead atoms. The third kappa shape index (κ3) is 7.14. The summed E-state index contributed by atoms with van der Waals surface area (Å²) in [5, 5.41) is 0. The van der Waals surface area contributed by atoms with Crippen LogP contribution in [0.2, 0.25) is 0 Å². The van der Waals surface area contributed by atoms with Crippen molar-refractivity contribution in [2.45, 2.75) is 31.6 Å². The lowest BCUT2D eigenvalue weighted by Crippen LogP contribution is -2.40. The number of methoxy groups -OCH3 is 1. The average molecular weight is 535 g/mol. The van der Waals surface area contributed by atoms with Crippen molar-refractivity contribution in [3.05, 3.63) is 47.8 Å². The molecule has 0 N–H and O–H groups in total. The number of aromatic nitrogens is 1. The Kier molecular flexibility index (Phi) is 10.0. The molecule has 1 fully saturated rings. The number of piperidine rings is 1. The summed E-state index contributed by atoms with van der Waals surface area (Å²) in [6.07, 6.45) is 5.75. The third-order valence-electron chi connectivity index (χ3n) is 6.71. The molecule has 1 aromatic carbocycles. The summed E-state index contributed by atoms with van der Waals surface area (Å²) in [5.74, 6) is 2.12. The Morgan fingerprint density at radius 2 is 1.75 bits per heavy atom. The highest BCUT2D eigenvalue weighted by molar-refractivity contribution is 8.00. The highest BCUT2D eigenvalue weighted by Crippen LogP contribution is 2.28. The molecule has 2 aromatic rings. The van der Waals surface area contributed by atoms with Crippen LogP contribution in [0.15, 0.2) is 41.6 Å². The van der Waals surface area contributed by atoms with Crippen LogP contribution in [0.5, 0.6) is 5.75 Å². The molecule has 0 atom stereocenters. The Hall–Kier alpha value is -2.30. The largest absolute Gasteiger partial charge is 0.497 e. The lowest BCUT2D eigenvalue weighted by Gasteiger charge is -2.35. The second-order valence-electron chi connectivity index (χ2n) is 9.38. The van der Waals surface area contributed by atoms with Crippen LogP contribution in [-0.2, 0) is 14.8 Å². The molecule has 0 saturated carbocycles. The van der Waals surface area contributed by atoms with Crippen LogP contribution in [0, 0.1) is 19.8 Å². The van der Waals surface area contributed by atoms with Gasteiger partial charge in [0.1, 0.15) is 5.75 Å². The predicted octanol–water partition coefficient (Wildman–Crippen LogP) is 3.44. The summed E-state index contributed by atoms with van der Waals surface area (Å²) in [6, 6.07) is 7.55. The lowest BCUT2D eigenvalue weighted by molar-refractivity contribution is -0.127. The molecule has 1 aromatic heterocycles. The molecule has 2 heterocycles. The third-order valence-corrected chi connectivity index (χ3v) is 9.80. The molecular formula is C26H38N4O4S2. The van der Waals surface area contributed by atoms with Crippen LogP contribution in [0.25, 0.3) is 0 Å². The number of carbonyl (C=O) groups is 1. The fraction of sp³-hybridized carbons (Fsp3) is 0.538. The normalized spacial score (nSPS) is 14.8. The number of nitrogens with zero attached hydrogens (tertiary/aromatic N) is 4. The molecule has 0 spiro atoms. The zero-order valence-electron chi connectivity index (χ0n) is 21.9. The Morgan fingerprint density at radius 1 is 1.14 bits per heavy atom. The van der Waals surface area contributed by atoms with Crippen molar-refractivity contribution in [3.8, 4) is 5.75 Å². The van der Waals surface area contributed by atoms with Gasteiger partial charge in [-0.3, -0.25) is 9.78 Å². The van der Waals surface area contributed by atoms with Crippen molar-refractivity contribution >= 4 is 33.4 Å².